The minimum atomic E-state index is -0.202. The molecule has 2 heterocycles. The fourth-order valence-corrected chi connectivity index (χ4v) is 2.15. The molecule has 0 aromatic carbocycles. The van der Waals surface area contributed by atoms with E-state index >= 15 is 0 Å². The molecule has 1 fully saturated rings. The number of hydrogen-bond acceptors (Lipinski definition) is 4. The van der Waals surface area contributed by atoms with Crippen LogP contribution < -0.4 is 10.2 Å². The molecule has 92 valence electrons. The van der Waals surface area contributed by atoms with Gasteiger partial charge in [-0.15, -0.1) is 10.2 Å². The molecule has 0 bridgehead atoms. The number of nitrogens with one attached hydrogen (secondary N) is 1. The van der Waals surface area contributed by atoms with Gasteiger partial charge in [0.15, 0.2) is 11.5 Å². The largest absolute Gasteiger partial charge is 0.354 e. The summed E-state index contributed by atoms with van der Waals surface area (Å²) in [6, 6.07) is 4.07. The van der Waals surface area contributed by atoms with Crippen molar-refractivity contribution in [3.05, 3.63) is 17.8 Å². The van der Waals surface area contributed by atoms with E-state index in [2.05, 4.69) is 34.3 Å². The van der Waals surface area contributed by atoms with Crippen LogP contribution in [0.15, 0.2) is 12.1 Å². The number of aromatic nitrogens is 2. The molecule has 0 radical (unpaired) electrons. The molecule has 1 aliphatic heterocycles. The minimum Gasteiger partial charge on any atom is -0.354 e. The van der Waals surface area contributed by atoms with E-state index in [0.29, 0.717) is 17.7 Å². The van der Waals surface area contributed by atoms with Crippen molar-refractivity contribution < 1.29 is 4.79 Å². The van der Waals surface area contributed by atoms with Crippen molar-refractivity contribution in [2.75, 3.05) is 18.5 Å². The zero-order valence-electron chi connectivity index (χ0n) is 10.5. The fraction of sp³-hybridized carbons (Fsp3) is 0.583. The number of amides is 1. The Morgan fingerprint density at radius 1 is 1.41 bits per heavy atom. The molecular formula is C12H18N4O. The summed E-state index contributed by atoms with van der Waals surface area (Å²) in [5.41, 5.74) is 0.358. The first-order valence-electron chi connectivity index (χ1n) is 5.96. The van der Waals surface area contributed by atoms with Crippen LogP contribution in [0.1, 0.15) is 30.8 Å². The Labute approximate surface area is 101 Å². The molecule has 1 amide bonds. The number of hydrogen-bond donors (Lipinski definition) is 1. The Morgan fingerprint density at radius 2 is 2.18 bits per heavy atom. The first-order chi connectivity index (χ1) is 8.13. The zero-order valence-corrected chi connectivity index (χ0v) is 10.5. The lowest BCUT2D eigenvalue weighted by Crippen LogP contribution is -2.30. The predicted octanol–water partition coefficient (Wildman–Crippen LogP) is 1.07. The van der Waals surface area contributed by atoms with E-state index < -0.39 is 0 Å². The van der Waals surface area contributed by atoms with E-state index in [1.54, 1.807) is 13.1 Å². The Bertz CT molecular complexity index is 403. The third kappa shape index (κ3) is 2.23. The summed E-state index contributed by atoms with van der Waals surface area (Å²) in [5, 5.41) is 10.6. The maximum Gasteiger partial charge on any atom is 0.271 e. The van der Waals surface area contributed by atoms with Gasteiger partial charge in [-0.3, -0.25) is 4.79 Å². The van der Waals surface area contributed by atoms with Gasteiger partial charge in [0.05, 0.1) is 0 Å². The second-order valence-corrected chi connectivity index (χ2v) is 4.56. The van der Waals surface area contributed by atoms with Gasteiger partial charge in [-0.2, -0.15) is 0 Å². The summed E-state index contributed by atoms with van der Waals surface area (Å²) in [5.74, 6) is 1.33. The lowest BCUT2D eigenvalue weighted by Gasteiger charge is -2.23. The molecule has 0 aliphatic carbocycles. The van der Waals surface area contributed by atoms with E-state index in [0.717, 1.165) is 12.4 Å². The van der Waals surface area contributed by atoms with E-state index in [1.807, 2.05) is 6.07 Å². The molecule has 5 heteroatoms. The molecule has 2 atom stereocenters. The van der Waals surface area contributed by atoms with Gasteiger partial charge < -0.3 is 10.2 Å². The van der Waals surface area contributed by atoms with Crippen LogP contribution in [-0.4, -0.2) is 35.7 Å². The first-order valence-corrected chi connectivity index (χ1v) is 5.96. The number of carbonyl (C=O) groups excluding carboxylic acids is 1. The number of nitrogens with zero attached hydrogens (tertiary/aromatic N) is 3. The van der Waals surface area contributed by atoms with Gasteiger partial charge in [-0.05, 0) is 31.4 Å². The minimum absolute atomic E-state index is 0.202. The highest BCUT2D eigenvalue weighted by atomic mass is 16.1. The van der Waals surface area contributed by atoms with Crippen LogP contribution in [0.5, 0.6) is 0 Å². The molecule has 1 saturated heterocycles. The van der Waals surface area contributed by atoms with Gasteiger partial charge in [0.2, 0.25) is 0 Å². The van der Waals surface area contributed by atoms with E-state index in [9.17, 15) is 4.79 Å². The van der Waals surface area contributed by atoms with Crippen LogP contribution in [0.25, 0.3) is 0 Å². The number of carbonyl (C=O) groups is 1. The van der Waals surface area contributed by atoms with Crippen LogP contribution in [0.2, 0.25) is 0 Å². The van der Waals surface area contributed by atoms with Crippen LogP contribution in [-0.2, 0) is 0 Å². The summed E-state index contributed by atoms with van der Waals surface area (Å²) in [4.78, 5) is 13.6. The zero-order chi connectivity index (χ0) is 12.4. The highest BCUT2D eigenvalue weighted by Crippen LogP contribution is 2.27. The molecule has 0 saturated carbocycles. The standard InChI is InChI=1S/C12H18N4O/c1-8-6-7-16(9(8)2)11-5-4-10(14-15-11)12(17)13-3/h4-5,8-9H,6-7H2,1-3H3,(H,13,17). The average molecular weight is 234 g/mol. The van der Waals surface area contributed by atoms with Crippen LogP contribution in [0, 0.1) is 5.92 Å². The van der Waals surface area contributed by atoms with Crippen LogP contribution in [0.3, 0.4) is 0 Å². The van der Waals surface area contributed by atoms with Crippen molar-refractivity contribution >= 4 is 11.7 Å². The predicted molar refractivity (Wildman–Crippen MR) is 66.0 cm³/mol. The SMILES string of the molecule is CNC(=O)c1ccc(N2CCC(C)C2C)nn1. The monoisotopic (exact) mass is 234 g/mol. The lowest BCUT2D eigenvalue weighted by molar-refractivity contribution is 0.0957. The smallest absolute Gasteiger partial charge is 0.271 e. The van der Waals surface area contributed by atoms with Crippen molar-refractivity contribution in [1.29, 1.82) is 0 Å². The molecule has 1 aliphatic rings. The average Bonchev–Trinajstić information content (AvgIpc) is 2.69. The Kier molecular flexibility index (Phi) is 3.26. The quantitative estimate of drug-likeness (QED) is 0.831. The van der Waals surface area contributed by atoms with E-state index in [4.69, 9.17) is 0 Å². The topological polar surface area (TPSA) is 58.1 Å². The molecule has 1 aromatic rings. The molecule has 2 unspecified atom stereocenters. The molecule has 1 aromatic heterocycles. The Hall–Kier alpha value is -1.65. The van der Waals surface area contributed by atoms with Gasteiger partial charge in [0.1, 0.15) is 0 Å². The van der Waals surface area contributed by atoms with Gasteiger partial charge >= 0.3 is 0 Å². The third-order valence-electron chi connectivity index (χ3n) is 3.54. The van der Waals surface area contributed by atoms with Crippen molar-refractivity contribution in [2.45, 2.75) is 26.3 Å². The highest BCUT2D eigenvalue weighted by Gasteiger charge is 2.28. The van der Waals surface area contributed by atoms with Gasteiger partial charge in [-0.1, -0.05) is 6.92 Å². The van der Waals surface area contributed by atoms with Crippen LogP contribution in [0.4, 0.5) is 5.82 Å². The summed E-state index contributed by atoms with van der Waals surface area (Å²) >= 11 is 0. The number of anilines is 1. The van der Waals surface area contributed by atoms with Gasteiger partial charge in [-0.25, -0.2) is 0 Å². The van der Waals surface area contributed by atoms with Crippen molar-refractivity contribution in [3.8, 4) is 0 Å². The maximum atomic E-state index is 11.3. The Morgan fingerprint density at radius 3 is 2.65 bits per heavy atom. The first kappa shape index (κ1) is 11.8. The molecule has 1 N–H and O–H groups in total. The summed E-state index contributed by atoms with van der Waals surface area (Å²) in [6.07, 6.45) is 1.18. The lowest BCUT2D eigenvalue weighted by atomic mass is 10.1. The summed E-state index contributed by atoms with van der Waals surface area (Å²) in [7, 11) is 1.59. The second-order valence-electron chi connectivity index (χ2n) is 4.56. The molecular weight excluding hydrogens is 216 g/mol. The maximum absolute atomic E-state index is 11.3. The Balaban J connectivity index is 2.16. The van der Waals surface area contributed by atoms with Crippen molar-refractivity contribution in [3.63, 3.8) is 0 Å². The second kappa shape index (κ2) is 4.69. The van der Waals surface area contributed by atoms with E-state index in [1.165, 1.54) is 6.42 Å². The number of rotatable bonds is 2. The molecule has 0 spiro atoms. The van der Waals surface area contributed by atoms with E-state index in [-0.39, 0.29) is 5.91 Å². The van der Waals surface area contributed by atoms with Crippen molar-refractivity contribution in [2.24, 2.45) is 5.92 Å². The summed E-state index contributed by atoms with van der Waals surface area (Å²) < 4.78 is 0. The summed E-state index contributed by atoms with van der Waals surface area (Å²) in [6.45, 7) is 5.46. The normalized spacial score (nSPS) is 23.8. The molecule has 5 nitrogen and oxygen atoms in total. The van der Waals surface area contributed by atoms with Gasteiger partial charge in [0.25, 0.3) is 5.91 Å². The molecule has 17 heavy (non-hydrogen) atoms. The van der Waals surface area contributed by atoms with Crippen LogP contribution >= 0.6 is 0 Å². The highest BCUT2D eigenvalue weighted by molar-refractivity contribution is 5.91. The van der Waals surface area contributed by atoms with Gasteiger partial charge in [0, 0.05) is 19.6 Å². The molecule has 2 rings (SSSR count). The fourth-order valence-electron chi connectivity index (χ4n) is 2.15. The van der Waals surface area contributed by atoms with Crippen molar-refractivity contribution in [1.82, 2.24) is 15.5 Å². The third-order valence-corrected chi connectivity index (χ3v) is 3.54.